The van der Waals surface area contributed by atoms with Gasteiger partial charge in [0.25, 0.3) is 0 Å². The number of hydrogen-bond acceptors (Lipinski definition) is 3. The molecule has 0 aromatic heterocycles. The summed E-state index contributed by atoms with van der Waals surface area (Å²) in [6.45, 7) is 1.32. The van der Waals surface area contributed by atoms with E-state index in [1.54, 1.807) is 7.11 Å². The molecule has 0 amide bonds. The Morgan fingerprint density at radius 1 is 1.42 bits per heavy atom. The average molecular weight is 272 g/mol. The average Bonchev–Trinajstić information content (AvgIpc) is 2.40. The first-order valence-corrected chi connectivity index (χ1v) is 5.85. The summed E-state index contributed by atoms with van der Waals surface area (Å²) in [5.74, 6) is 4.40. The van der Waals surface area contributed by atoms with Crippen molar-refractivity contribution in [3.63, 3.8) is 0 Å². The number of nitrogens with zero attached hydrogens (tertiary/aromatic N) is 1. The number of hydrogen-bond donors (Lipinski definition) is 3. The highest BCUT2D eigenvalue weighted by molar-refractivity contribution is 5.79. The van der Waals surface area contributed by atoms with Crippen LogP contribution in [0.15, 0.2) is 23.2 Å². The molecule has 0 aliphatic rings. The molecule has 19 heavy (non-hydrogen) atoms. The second-order valence-corrected chi connectivity index (χ2v) is 3.82. The molecule has 0 unspecified atom stereocenters. The molecule has 5 nitrogen and oxygen atoms in total. The molecule has 0 fully saturated rings. The van der Waals surface area contributed by atoms with Crippen molar-refractivity contribution in [1.29, 1.82) is 0 Å². The zero-order chi connectivity index (χ0) is 14.1. The van der Waals surface area contributed by atoms with Crippen molar-refractivity contribution in [2.75, 3.05) is 20.3 Å². The van der Waals surface area contributed by atoms with Crippen molar-refractivity contribution in [2.45, 2.75) is 13.0 Å². The van der Waals surface area contributed by atoms with Gasteiger partial charge in [-0.1, -0.05) is 6.07 Å². The lowest BCUT2D eigenvalue weighted by Gasteiger charge is -2.09. The number of guanidine groups is 1. The molecule has 4 N–H and O–H groups in total. The van der Waals surface area contributed by atoms with Crippen LogP contribution in [0.5, 0.6) is 0 Å². The SMILES string of the molecule is COCCCNC(=NCc1ccc(F)cc1F)NN. The number of aliphatic imine (C=N–C) groups is 1. The van der Waals surface area contributed by atoms with Gasteiger partial charge in [-0.3, -0.25) is 5.43 Å². The predicted octanol–water partition coefficient (Wildman–Crippen LogP) is 0.910. The monoisotopic (exact) mass is 272 g/mol. The van der Waals surface area contributed by atoms with E-state index in [9.17, 15) is 8.78 Å². The Bertz CT molecular complexity index is 426. The van der Waals surface area contributed by atoms with Gasteiger partial charge in [0, 0.05) is 31.9 Å². The quantitative estimate of drug-likeness (QED) is 0.237. The van der Waals surface area contributed by atoms with Crippen LogP contribution in [0, 0.1) is 11.6 Å². The van der Waals surface area contributed by atoms with Crippen molar-refractivity contribution < 1.29 is 13.5 Å². The van der Waals surface area contributed by atoms with Gasteiger partial charge in [0.05, 0.1) is 6.54 Å². The highest BCUT2D eigenvalue weighted by Crippen LogP contribution is 2.10. The van der Waals surface area contributed by atoms with Crippen molar-refractivity contribution in [1.82, 2.24) is 10.7 Å². The van der Waals surface area contributed by atoms with Gasteiger partial charge in [-0.15, -0.1) is 0 Å². The molecule has 1 aromatic carbocycles. The largest absolute Gasteiger partial charge is 0.385 e. The first-order valence-electron chi connectivity index (χ1n) is 5.85. The Hall–Kier alpha value is -1.73. The van der Waals surface area contributed by atoms with Crippen LogP contribution in [0.25, 0.3) is 0 Å². The van der Waals surface area contributed by atoms with E-state index < -0.39 is 11.6 Å². The Morgan fingerprint density at radius 3 is 2.84 bits per heavy atom. The van der Waals surface area contributed by atoms with Gasteiger partial charge in [0.15, 0.2) is 0 Å². The van der Waals surface area contributed by atoms with Crippen LogP contribution in [0.3, 0.4) is 0 Å². The summed E-state index contributed by atoms with van der Waals surface area (Å²) in [6, 6.07) is 3.37. The maximum Gasteiger partial charge on any atom is 0.206 e. The standard InChI is InChI=1S/C12H18F2N4O/c1-19-6-2-5-16-12(18-15)17-8-9-3-4-10(13)7-11(9)14/h3-4,7H,2,5-6,8,15H2,1H3,(H2,16,17,18). The van der Waals surface area contributed by atoms with E-state index in [1.165, 1.54) is 12.1 Å². The van der Waals surface area contributed by atoms with E-state index in [0.717, 1.165) is 12.5 Å². The fraction of sp³-hybridized carbons (Fsp3) is 0.417. The molecule has 1 aromatic rings. The van der Waals surface area contributed by atoms with Gasteiger partial charge in [-0.05, 0) is 12.5 Å². The van der Waals surface area contributed by atoms with E-state index in [-0.39, 0.29) is 6.54 Å². The summed E-state index contributed by atoms with van der Waals surface area (Å²) in [7, 11) is 1.62. The van der Waals surface area contributed by atoms with E-state index in [1.807, 2.05) is 0 Å². The second-order valence-electron chi connectivity index (χ2n) is 3.82. The van der Waals surface area contributed by atoms with Gasteiger partial charge >= 0.3 is 0 Å². The van der Waals surface area contributed by atoms with Gasteiger partial charge in [-0.25, -0.2) is 19.6 Å². The highest BCUT2D eigenvalue weighted by Gasteiger charge is 2.03. The molecular weight excluding hydrogens is 254 g/mol. The van der Waals surface area contributed by atoms with Crippen molar-refractivity contribution in [3.05, 3.63) is 35.4 Å². The molecule has 0 atom stereocenters. The fourth-order valence-corrected chi connectivity index (χ4v) is 1.39. The lowest BCUT2D eigenvalue weighted by molar-refractivity contribution is 0.195. The van der Waals surface area contributed by atoms with Crippen molar-refractivity contribution in [2.24, 2.45) is 10.8 Å². The molecule has 0 aliphatic carbocycles. The first-order chi connectivity index (χ1) is 9.17. The lowest BCUT2D eigenvalue weighted by Crippen LogP contribution is -2.42. The highest BCUT2D eigenvalue weighted by atomic mass is 19.1. The normalized spacial score (nSPS) is 11.5. The van der Waals surface area contributed by atoms with Gasteiger partial charge in [0.1, 0.15) is 11.6 Å². The third kappa shape index (κ3) is 5.62. The molecule has 0 saturated carbocycles. The Kier molecular flexibility index (Phi) is 6.76. The number of rotatable bonds is 6. The summed E-state index contributed by atoms with van der Waals surface area (Å²) in [4.78, 5) is 4.07. The third-order valence-corrected chi connectivity index (χ3v) is 2.38. The van der Waals surface area contributed by atoms with Gasteiger partial charge in [-0.2, -0.15) is 0 Å². The van der Waals surface area contributed by atoms with Crippen molar-refractivity contribution in [3.8, 4) is 0 Å². The Labute approximate surface area is 110 Å². The van der Waals surface area contributed by atoms with Crippen LogP contribution in [0.1, 0.15) is 12.0 Å². The smallest absolute Gasteiger partial charge is 0.206 e. The Morgan fingerprint density at radius 2 is 2.21 bits per heavy atom. The summed E-state index contributed by atoms with van der Waals surface area (Å²) < 4.78 is 31.0. The number of nitrogens with two attached hydrogens (primary N) is 1. The topological polar surface area (TPSA) is 71.7 Å². The predicted molar refractivity (Wildman–Crippen MR) is 69.3 cm³/mol. The number of ether oxygens (including phenoxy) is 1. The molecule has 0 saturated heterocycles. The molecule has 0 aliphatic heterocycles. The minimum atomic E-state index is -0.625. The number of nitrogens with one attached hydrogen (secondary N) is 2. The third-order valence-electron chi connectivity index (χ3n) is 2.38. The maximum absolute atomic E-state index is 13.4. The van der Waals surface area contributed by atoms with E-state index in [4.69, 9.17) is 10.6 Å². The van der Waals surface area contributed by atoms with E-state index in [0.29, 0.717) is 24.7 Å². The first kappa shape index (κ1) is 15.3. The van der Waals surface area contributed by atoms with E-state index >= 15 is 0 Å². The molecule has 0 spiro atoms. The number of halogens is 2. The van der Waals surface area contributed by atoms with Crippen LogP contribution >= 0.6 is 0 Å². The van der Waals surface area contributed by atoms with Gasteiger partial charge < -0.3 is 10.1 Å². The lowest BCUT2D eigenvalue weighted by atomic mass is 10.2. The summed E-state index contributed by atoms with van der Waals surface area (Å²) >= 11 is 0. The minimum absolute atomic E-state index is 0.0723. The van der Waals surface area contributed by atoms with Crippen LogP contribution in [0.2, 0.25) is 0 Å². The summed E-state index contributed by atoms with van der Waals surface area (Å²) in [5.41, 5.74) is 2.68. The number of hydrazine groups is 1. The molecule has 0 radical (unpaired) electrons. The number of methoxy groups -OCH3 is 1. The van der Waals surface area contributed by atoms with Crippen LogP contribution in [0.4, 0.5) is 8.78 Å². The zero-order valence-corrected chi connectivity index (χ0v) is 10.7. The molecule has 106 valence electrons. The molecule has 1 rings (SSSR count). The zero-order valence-electron chi connectivity index (χ0n) is 10.7. The summed E-state index contributed by atoms with van der Waals surface area (Å²) in [5, 5.41) is 2.94. The van der Waals surface area contributed by atoms with E-state index in [2.05, 4.69) is 15.7 Å². The van der Waals surface area contributed by atoms with Crippen LogP contribution < -0.4 is 16.6 Å². The van der Waals surface area contributed by atoms with Gasteiger partial charge in [0.2, 0.25) is 5.96 Å². The fourth-order valence-electron chi connectivity index (χ4n) is 1.39. The van der Waals surface area contributed by atoms with Crippen molar-refractivity contribution >= 4 is 5.96 Å². The maximum atomic E-state index is 13.4. The molecule has 0 bridgehead atoms. The Balaban J connectivity index is 2.51. The molecule has 7 heteroatoms. The molecule has 0 heterocycles. The number of benzene rings is 1. The van der Waals surface area contributed by atoms with Crippen LogP contribution in [-0.4, -0.2) is 26.2 Å². The second kappa shape index (κ2) is 8.39. The molecular formula is C12H18F2N4O. The van der Waals surface area contributed by atoms with Crippen LogP contribution in [-0.2, 0) is 11.3 Å². The summed E-state index contributed by atoms with van der Waals surface area (Å²) in [6.07, 6.45) is 0.794. The minimum Gasteiger partial charge on any atom is -0.385 e.